The molecule has 0 aliphatic carbocycles. The topological polar surface area (TPSA) is 79.9 Å². The number of aromatic hydroxyl groups is 2. The highest BCUT2D eigenvalue weighted by Crippen LogP contribution is 2.31. The third-order valence-electron chi connectivity index (χ3n) is 3.40. The Kier molecular flexibility index (Phi) is 3.47. The molecule has 2 N–H and O–H groups in total. The number of rotatable bonds is 3. The van der Waals surface area contributed by atoms with E-state index in [0.717, 1.165) is 11.6 Å². The molecule has 0 bridgehead atoms. The van der Waals surface area contributed by atoms with Crippen LogP contribution in [0.2, 0.25) is 0 Å². The van der Waals surface area contributed by atoms with Gasteiger partial charge in [-0.1, -0.05) is 30.3 Å². The van der Waals surface area contributed by atoms with Gasteiger partial charge in [0.25, 0.3) is 0 Å². The number of ether oxygens (including phenoxy) is 1. The standard InChI is InChI=1S/C17H14O5/c1-21-17-14(7-10-5-3-2-4-6-10)22-13-9-11(18)8-12(19)15(13)16(17)20/h2-6,8-9,18-19H,7H2,1H3. The van der Waals surface area contributed by atoms with Gasteiger partial charge in [0.05, 0.1) is 7.11 Å². The summed E-state index contributed by atoms with van der Waals surface area (Å²) in [5.41, 5.74) is 0.606. The molecular weight excluding hydrogens is 284 g/mol. The first-order valence-electron chi connectivity index (χ1n) is 6.69. The summed E-state index contributed by atoms with van der Waals surface area (Å²) >= 11 is 0. The van der Waals surface area contributed by atoms with Crippen LogP contribution in [0.25, 0.3) is 11.0 Å². The molecule has 1 aromatic heterocycles. The molecule has 5 nitrogen and oxygen atoms in total. The van der Waals surface area contributed by atoms with E-state index in [4.69, 9.17) is 9.15 Å². The van der Waals surface area contributed by atoms with Crippen molar-refractivity contribution in [3.63, 3.8) is 0 Å². The lowest BCUT2D eigenvalue weighted by molar-refractivity contribution is 0.379. The van der Waals surface area contributed by atoms with Crippen molar-refractivity contribution in [1.29, 1.82) is 0 Å². The van der Waals surface area contributed by atoms with Crippen molar-refractivity contribution < 1.29 is 19.4 Å². The zero-order chi connectivity index (χ0) is 15.7. The van der Waals surface area contributed by atoms with Gasteiger partial charge in [-0.15, -0.1) is 0 Å². The Bertz CT molecular complexity index is 881. The summed E-state index contributed by atoms with van der Waals surface area (Å²) in [5, 5.41) is 19.4. The minimum Gasteiger partial charge on any atom is -0.508 e. The molecule has 0 unspecified atom stereocenters. The molecule has 0 aliphatic heterocycles. The normalized spacial score (nSPS) is 10.8. The predicted octanol–water partition coefficient (Wildman–Crippen LogP) is 2.80. The van der Waals surface area contributed by atoms with E-state index >= 15 is 0 Å². The third-order valence-corrected chi connectivity index (χ3v) is 3.40. The second-order valence-corrected chi connectivity index (χ2v) is 4.89. The van der Waals surface area contributed by atoms with E-state index in [9.17, 15) is 15.0 Å². The lowest BCUT2D eigenvalue weighted by Gasteiger charge is -2.10. The summed E-state index contributed by atoms with van der Waals surface area (Å²) in [6, 6.07) is 11.9. The Labute approximate surface area is 126 Å². The Morgan fingerprint density at radius 3 is 2.55 bits per heavy atom. The van der Waals surface area contributed by atoms with Crippen molar-refractivity contribution in [2.75, 3.05) is 7.11 Å². The lowest BCUT2D eigenvalue weighted by Crippen LogP contribution is -2.09. The van der Waals surface area contributed by atoms with Crippen molar-refractivity contribution >= 4 is 11.0 Å². The van der Waals surface area contributed by atoms with Crippen molar-refractivity contribution in [3.05, 3.63) is 64.0 Å². The second-order valence-electron chi connectivity index (χ2n) is 4.89. The van der Waals surface area contributed by atoms with Gasteiger partial charge in [-0.2, -0.15) is 0 Å². The van der Waals surface area contributed by atoms with Gasteiger partial charge in [0.1, 0.15) is 22.5 Å². The van der Waals surface area contributed by atoms with Crippen LogP contribution in [0.15, 0.2) is 51.7 Å². The highest BCUT2D eigenvalue weighted by atomic mass is 16.5. The number of hydrogen-bond acceptors (Lipinski definition) is 5. The molecule has 5 heteroatoms. The van der Waals surface area contributed by atoms with Crippen LogP contribution in [0.5, 0.6) is 17.2 Å². The first-order valence-corrected chi connectivity index (χ1v) is 6.69. The van der Waals surface area contributed by atoms with Gasteiger partial charge >= 0.3 is 0 Å². The van der Waals surface area contributed by atoms with Crippen molar-refractivity contribution in [2.45, 2.75) is 6.42 Å². The van der Waals surface area contributed by atoms with E-state index in [2.05, 4.69) is 0 Å². The fourth-order valence-corrected chi connectivity index (χ4v) is 2.42. The average molecular weight is 298 g/mol. The van der Waals surface area contributed by atoms with Crippen molar-refractivity contribution in [1.82, 2.24) is 0 Å². The molecule has 0 aliphatic rings. The van der Waals surface area contributed by atoms with Gasteiger partial charge in [-0.05, 0) is 5.56 Å². The fourth-order valence-electron chi connectivity index (χ4n) is 2.42. The van der Waals surface area contributed by atoms with Gasteiger partial charge in [-0.3, -0.25) is 4.79 Å². The average Bonchev–Trinajstić information content (AvgIpc) is 2.47. The minimum absolute atomic E-state index is 0.00791. The fraction of sp³-hybridized carbons (Fsp3) is 0.118. The summed E-state index contributed by atoms with van der Waals surface area (Å²) in [6.07, 6.45) is 0.367. The summed E-state index contributed by atoms with van der Waals surface area (Å²) < 4.78 is 10.8. The first-order chi connectivity index (χ1) is 10.6. The molecule has 22 heavy (non-hydrogen) atoms. The molecule has 1 heterocycles. The van der Waals surface area contributed by atoms with Gasteiger partial charge in [0.2, 0.25) is 11.2 Å². The number of hydrogen-bond donors (Lipinski definition) is 2. The molecular formula is C17H14O5. The largest absolute Gasteiger partial charge is 0.508 e. The number of benzene rings is 2. The minimum atomic E-state index is -0.466. The maximum Gasteiger partial charge on any atom is 0.238 e. The molecule has 0 spiro atoms. The van der Waals surface area contributed by atoms with Crippen molar-refractivity contribution in [2.24, 2.45) is 0 Å². The van der Waals surface area contributed by atoms with Crippen LogP contribution < -0.4 is 10.2 Å². The maximum absolute atomic E-state index is 12.5. The van der Waals surface area contributed by atoms with E-state index < -0.39 is 5.43 Å². The molecule has 112 valence electrons. The number of phenols is 2. The van der Waals surface area contributed by atoms with Gasteiger partial charge in [0.15, 0.2) is 5.76 Å². The molecule has 2 aromatic carbocycles. The first kappa shape index (κ1) is 14.0. The molecule has 0 saturated carbocycles. The highest BCUT2D eigenvalue weighted by molar-refractivity contribution is 5.85. The van der Waals surface area contributed by atoms with Gasteiger partial charge in [-0.25, -0.2) is 0 Å². The number of phenolic OH excluding ortho intramolecular Hbond substituents is 2. The predicted molar refractivity (Wildman–Crippen MR) is 81.6 cm³/mol. The number of methoxy groups -OCH3 is 1. The smallest absolute Gasteiger partial charge is 0.238 e. The van der Waals surface area contributed by atoms with E-state index in [-0.39, 0.29) is 28.2 Å². The maximum atomic E-state index is 12.5. The third kappa shape index (κ3) is 2.37. The summed E-state index contributed by atoms with van der Waals surface area (Å²) in [4.78, 5) is 12.5. The van der Waals surface area contributed by atoms with E-state index in [1.165, 1.54) is 13.2 Å². The van der Waals surface area contributed by atoms with Crippen molar-refractivity contribution in [3.8, 4) is 17.2 Å². The van der Waals surface area contributed by atoms with E-state index in [1.807, 2.05) is 30.3 Å². The van der Waals surface area contributed by atoms with Gasteiger partial charge < -0.3 is 19.4 Å². The van der Waals surface area contributed by atoms with Crippen LogP contribution in [-0.2, 0) is 6.42 Å². The quantitative estimate of drug-likeness (QED) is 0.777. The lowest BCUT2D eigenvalue weighted by atomic mass is 10.1. The Morgan fingerprint density at radius 1 is 1.14 bits per heavy atom. The molecule has 0 fully saturated rings. The van der Waals surface area contributed by atoms with Crippen LogP contribution in [0.1, 0.15) is 11.3 Å². The molecule has 0 amide bonds. The summed E-state index contributed by atoms with van der Waals surface area (Å²) in [7, 11) is 1.38. The highest BCUT2D eigenvalue weighted by Gasteiger charge is 2.18. The van der Waals surface area contributed by atoms with E-state index in [0.29, 0.717) is 12.2 Å². The molecule has 0 radical (unpaired) electrons. The zero-order valence-corrected chi connectivity index (χ0v) is 11.9. The molecule has 3 rings (SSSR count). The second kappa shape index (κ2) is 5.44. The van der Waals surface area contributed by atoms with Crippen LogP contribution >= 0.6 is 0 Å². The molecule has 0 atom stereocenters. The Hall–Kier alpha value is -2.95. The Morgan fingerprint density at radius 2 is 1.86 bits per heavy atom. The molecule has 3 aromatic rings. The van der Waals surface area contributed by atoms with E-state index in [1.54, 1.807) is 0 Å². The van der Waals surface area contributed by atoms with Gasteiger partial charge in [0, 0.05) is 18.6 Å². The van der Waals surface area contributed by atoms with Crippen LogP contribution in [0.3, 0.4) is 0 Å². The zero-order valence-electron chi connectivity index (χ0n) is 11.9. The SMILES string of the molecule is COc1c(Cc2ccccc2)oc2cc(O)cc(O)c2c1=O. The molecule has 0 saturated heterocycles. The van der Waals surface area contributed by atoms with Crippen LogP contribution in [0, 0.1) is 0 Å². The Balaban J connectivity index is 2.24. The summed E-state index contributed by atoms with van der Waals surface area (Å²) in [6.45, 7) is 0. The number of fused-ring (bicyclic) bond motifs is 1. The summed E-state index contributed by atoms with van der Waals surface area (Å²) in [5.74, 6) is -0.120. The van der Waals surface area contributed by atoms with Crippen LogP contribution in [0.4, 0.5) is 0 Å². The monoisotopic (exact) mass is 298 g/mol. The van der Waals surface area contributed by atoms with Crippen LogP contribution in [-0.4, -0.2) is 17.3 Å².